The number of amides is 1. The van der Waals surface area contributed by atoms with Crippen molar-refractivity contribution in [3.8, 4) is 17.1 Å². The lowest BCUT2D eigenvalue weighted by molar-refractivity contribution is -0.124. The van der Waals surface area contributed by atoms with E-state index in [-0.39, 0.29) is 18.1 Å². The molecule has 0 unspecified atom stereocenters. The zero-order valence-electron chi connectivity index (χ0n) is 17.6. The second-order valence-corrected chi connectivity index (χ2v) is 8.14. The highest BCUT2D eigenvalue weighted by atomic mass is 16.5. The molecular formula is C23H24N6O2. The fourth-order valence-electron chi connectivity index (χ4n) is 3.09. The van der Waals surface area contributed by atoms with Crippen molar-refractivity contribution in [3.05, 3.63) is 60.9 Å². The van der Waals surface area contributed by atoms with Gasteiger partial charge in [-0.3, -0.25) is 9.89 Å². The standard InChI is InChI=1S/C23H24N6O2/c1-23(2,3)29-20(30)14-31-17-8-6-7-15(11-17)21-27-19-10-5-4-9-18(19)22(28-21)26-16-12-24-25-13-16/h4-13H,14H2,1-3H3,(H,24,25)(H,29,30)(H,26,27,28). The molecule has 0 aliphatic rings. The summed E-state index contributed by atoms with van der Waals surface area (Å²) >= 11 is 0. The minimum absolute atomic E-state index is 0.0629. The lowest BCUT2D eigenvalue weighted by atomic mass is 10.1. The Balaban J connectivity index is 1.61. The molecule has 0 fully saturated rings. The summed E-state index contributed by atoms with van der Waals surface area (Å²) in [6.45, 7) is 5.72. The smallest absolute Gasteiger partial charge is 0.258 e. The second kappa shape index (κ2) is 8.43. The van der Waals surface area contributed by atoms with Gasteiger partial charge in [-0.15, -0.1) is 0 Å². The first kappa shape index (κ1) is 20.3. The first-order chi connectivity index (χ1) is 14.9. The van der Waals surface area contributed by atoms with Crippen LogP contribution < -0.4 is 15.4 Å². The van der Waals surface area contributed by atoms with Gasteiger partial charge < -0.3 is 15.4 Å². The molecule has 2 aromatic carbocycles. The van der Waals surface area contributed by atoms with Crippen LogP contribution in [0.15, 0.2) is 60.9 Å². The molecule has 2 aromatic heterocycles. The summed E-state index contributed by atoms with van der Waals surface area (Å²) < 4.78 is 5.68. The maximum atomic E-state index is 12.1. The Morgan fingerprint density at radius 2 is 1.94 bits per heavy atom. The fourth-order valence-corrected chi connectivity index (χ4v) is 3.09. The molecule has 2 heterocycles. The van der Waals surface area contributed by atoms with Crippen LogP contribution in [0.3, 0.4) is 0 Å². The van der Waals surface area contributed by atoms with Crippen LogP contribution in [0.2, 0.25) is 0 Å². The first-order valence-corrected chi connectivity index (χ1v) is 9.94. The number of aromatic amines is 1. The zero-order chi connectivity index (χ0) is 21.8. The number of benzene rings is 2. The van der Waals surface area contributed by atoms with Crippen LogP contribution in [0.4, 0.5) is 11.5 Å². The summed E-state index contributed by atoms with van der Waals surface area (Å²) in [7, 11) is 0. The number of nitrogens with zero attached hydrogens (tertiary/aromatic N) is 3. The van der Waals surface area contributed by atoms with Crippen LogP contribution in [0, 0.1) is 0 Å². The largest absolute Gasteiger partial charge is 0.484 e. The molecule has 0 aliphatic heterocycles. The third-order valence-electron chi connectivity index (χ3n) is 4.34. The predicted octanol–water partition coefficient (Wildman–Crippen LogP) is 4.06. The molecule has 0 aliphatic carbocycles. The molecule has 1 amide bonds. The van der Waals surface area contributed by atoms with Crippen molar-refractivity contribution in [1.82, 2.24) is 25.5 Å². The lowest BCUT2D eigenvalue weighted by Crippen LogP contribution is -2.43. The van der Waals surface area contributed by atoms with E-state index in [9.17, 15) is 4.79 Å². The molecule has 0 bridgehead atoms. The van der Waals surface area contributed by atoms with Gasteiger partial charge in [0.1, 0.15) is 11.6 Å². The molecule has 31 heavy (non-hydrogen) atoms. The molecule has 0 saturated carbocycles. The average molecular weight is 416 g/mol. The Kier molecular flexibility index (Phi) is 5.53. The number of aromatic nitrogens is 4. The third kappa shape index (κ3) is 5.16. The van der Waals surface area contributed by atoms with Gasteiger partial charge in [0.25, 0.3) is 5.91 Å². The molecule has 0 spiro atoms. The molecule has 158 valence electrons. The van der Waals surface area contributed by atoms with Gasteiger partial charge in [0.05, 0.1) is 17.4 Å². The predicted molar refractivity (Wildman–Crippen MR) is 120 cm³/mol. The number of nitrogens with one attached hydrogen (secondary N) is 3. The summed E-state index contributed by atoms with van der Waals surface area (Å²) in [5, 5.41) is 13.8. The number of rotatable bonds is 6. The maximum Gasteiger partial charge on any atom is 0.258 e. The number of H-pyrrole nitrogens is 1. The second-order valence-electron chi connectivity index (χ2n) is 8.14. The van der Waals surface area contributed by atoms with E-state index < -0.39 is 0 Å². The lowest BCUT2D eigenvalue weighted by Gasteiger charge is -2.20. The molecule has 4 rings (SSSR count). The monoisotopic (exact) mass is 416 g/mol. The molecule has 8 nitrogen and oxygen atoms in total. The van der Waals surface area contributed by atoms with Gasteiger partial charge in [-0.25, -0.2) is 9.97 Å². The van der Waals surface area contributed by atoms with Crippen molar-refractivity contribution in [2.24, 2.45) is 0 Å². The van der Waals surface area contributed by atoms with E-state index in [1.807, 2.05) is 63.2 Å². The molecule has 0 atom stereocenters. The van der Waals surface area contributed by atoms with Gasteiger partial charge in [0.15, 0.2) is 12.4 Å². The van der Waals surface area contributed by atoms with Gasteiger partial charge in [-0.2, -0.15) is 5.10 Å². The normalized spacial score (nSPS) is 11.3. The van der Waals surface area contributed by atoms with Gasteiger partial charge in [-0.05, 0) is 45.0 Å². The number of anilines is 2. The van der Waals surface area contributed by atoms with Crippen LogP contribution in [0.25, 0.3) is 22.3 Å². The number of carbonyl (C=O) groups is 1. The highest BCUT2D eigenvalue weighted by Crippen LogP contribution is 2.28. The van der Waals surface area contributed by atoms with Crippen molar-refractivity contribution in [1.29, 1.82) is 0 Å². The molecule has 3 N–H and O–H groups in total. The number of ether oxygens (including phenoxy) is 1. The minimum Gasteiger partial charge on any atom is -0.484 e. The van der Waals surface area contributed by atoms with Crippen LogP contribution in [-0.4, -0.2) is 38.2 Å². The van der Waals surface area contributed by atoms with Crippen molar-refractivity contribution in [3.63, 3.8) is 0 Å². The summed E-state index contributed by atoms with van der Waals surface area (Å²) in [6.07, 6.45) is 3.45. The van der Waals surface area contributed by atoms with Crippen molar-refractivity contribution >= 4 is 28.3 Å². The van der Waals surface area contributed by atoms with E-state index in [0.29, 0.717) is 17.4 Å². The van der Waals surface area contributed by atoms with Crippen LogP contribution in [-0.2, 0) is 4.79 Å². The highest BCUT2D eigenvalue weighted by Gasteiger charge is 2.15. The first-order valence-electron chi connectivity index (χ1n) is 9.94. The van der Waals surface area contributed by atoms with E-state index >= 15 is 0 Å². The summed E-state index contributed by atoms with van der Waals surface area (Å²) in [6, 6.07) is 15.2. The number of carbonyl (C=O) groups excluding carboxylic acids is 1. The van der Waals surface area contributed by atoms with Gasteiger partial charge in [0, 0.05) is 22.7 Å². The highest BCUT2D eigenvalue weighted by molar-refractivity contribution is 5.92. The van der Waals surface area contributed by atoms with Crippen molar-refractivity contribution in [2.75, 3.05) is 11.9 Å². The van der Waals surface area contributed by atoms with Gasteiger partial charge in [-0.1, -0.05) is 24.3 Å². The average Bonchev–Trinajstić information content (AvgIpc) is 3.24. The molecule has 8 heteroatoms. The van der Waals surface area contributed by atoms with E-state index in [1.54, 1.807) is 18.5 Å². The van der Waals surface area contributed by atoms with Gasteiger partial charge in [0.2, 0.25) is 0 Å². The SMILES string of the molecule is CC(C)(C)NC(=O)COc1cccc(-c2nc(Nc3cn[nH]c3)c3ccccc3n2)c1. The topological polar surface area (TPSA) is 105 Å². The number of fused-ring (bicyclic) bond motifs is 1. The van der Waals surface area contributed by atoms with E-state index in [1.165, 1.54) is 0 Å². The molecule has 4 aromatic rings. The molecule has 0 radical (unpaired) electrons. The fraction of sp³-hybridized carbons (Fsp3) is 0.217. The summed E-state index contributed by atoms with van der Waals surface area (Å²) in [5.74, 6) is 1.63. The zero-order valence-corrected chi connectivity index (χ0v) is 17.6. The van der Waals surface area contributed by atoms with Crippen LogP contribution in [0.1, 0.15) is 20.8 Å². The van der Waals surface area contributed by atoms with Crippen molar-refractivity contribution in [2.45, 2.75) is 26.3 Å². The van der Waals surface area contributed by atoms with E-state index in [0.717, 1.165) is 22.2 Å². The Bertz CT molecular complexity index is 1200. The number of hydrogen-bond acceptors (Lipinski definition) is 6. The summed E-state index contributed by atoms with van der Waals surface area (Å²) in [5.41, 5.74) is 2.10. The van der Waals surface area contributed by atoms with Gasteiger partial charge >= 0.3 is 0 Å². The number of para-hydroxylation sites is 1. The van der Waals surface area contributed by atoms with E-state index in [2.05, 4.69) is 20.8 Å². The van der Waals surface area contributed by atoms with E-state index in [4.69, 9.17) is 14.7 Å². The van der Waals surface area contributed by atoms with Crippen LogP contribution in [0.5, 0.6) is 5.75 Å². The number of hydrogen-bond donors (Lipinski definition) is 3. The Hall–Kier alpha value is -3.94. The third-order valence-corrected chi connectivity index (χ3v) is 4.34. The van der Waals surface area contributed by atoms with Crippen LogP contribution >= 0.6 is 0 Å². The Morgan fingerprint density at radius 1 is 1.10 bits per heavy atom. The Morgan fingerprint density at radius 3 is 2.71 bits per heavy atom. The Labute approximate surface area is 180 Å². The summed E-state index contributed by atoms with van der Waals surface area (Å²) in [4.78, 5) is 21.5. The maximum absolute atomic E-state index is 12.1. The molecular weight excluding hydrogens is 392 g/mol. The minimum atomic E-state index is -0.306. The van der Waals surface area contributed by atoms with Crippen molar-refractivity contribution < 1.29 is 9.53 Å². The molecule has 0 saturated heterocycles. The quantitative estimate of drug-likeness (QED) is 0.438.